The van der Waals surface area contributed by atoms with Gasteiger partial charge in [-0.3, -0.25) is 4.79 Å². The Morgan fingerprint density at radius 3 is 2.62 bits per heavy atom. The van der Waals surface area contributed by atoms with Crippen molar-refractivity contribution in [3.8, 4) is 0 Å². The van der Waals surface area contributed by atoms with E-state index in [1.165, 1.54) is 16.4 Å². The number of fused-ring (bicyclic) bond motifs is 1. The maximum Gasteiger partial charge on any atom is 0.243 e. The van der Waals surface area contributed by atoms with Gasteiger partial charge in [-0.05, 0) is 56.5 Å². The molecule has 1 fully saturated rings. The molecule has 3 aromatic rings. The fourth-order valence-electron chi connectivity index (χ4n) is 3.89. The van der Waals surface area contributed by atoms with E-state index in [0.717, 1.165) is 11.9 Å². The first-order chi connectivity index (χ1) is 15.3. The standard InChI is InChI=1S/C22H26FN5O3S/c1-3-15(2)28-21-9-8-17(14-20(21)25-26-28)32(30,31)27-12-10-16(11-13-27)22(29)24-19-7-5-4-6-18(19)23/h4-9,14-16H,3,10-13H2,1-2H3,(H,24,29). The monoisotopic (exact) mass is 459 g/mol. The second kappa shape index (κ2) is 8.95. The molecule has 1 aliphatic rings. The highest BCUT2D eigenvalue weighted by atomic mass is 32.2. The van der Waals surface area contributed by atoms with Crippen LogP contribution >= 0.6 is 0 Å². The summed E-state index contributed by atoms with van der Waals surface area (Å²) in [5, 5.41) is 10.9. The number of rotatable bonds is 6. The third-order valence-corrected chi connectivity index (χ3v) is 7.94. The van der Waals surface area contributed by atoms with E-state index in [9.17, 15) is 17.6 Å². The number of piperidine rings is 1. The summed E-state index contributed by atoms with van der Waals surface area (Å²) in [4.78, 5) is 12.7. The molecule has 32 heavy (non-hydrogen) atoms. The van der Waals surface area contributed by atoms with E-state index in [4.69, 9.17) is 0 Å². The number of halogens is 1. The highest BCUT2D eigenvalue weighted by Crippen LogP contribution is 2.27. The number of aromatic nitrogens is 3. The zero-order valence-corrected chi connectivity index (χ0v) is 18.8. The van der Waals surface area contributed by atoms with E-state index in [1.54, 1.807) is 35.0 Å². The number of amides is 1. The van der Waals surface area contributed by atoms with Crippen LogP contribution < -0.4 is 5.32 Å². The Kier molecular flexibility index (Phi) is 6.25. The summed E-state index contributed by atoms with van der Waals surface area (Å²) < 4.78 is 43.3. The van der Waals surface area contributed by atoms with Gasteiger partial charge in [0, 0.05) is 19.0 Å². The van der Waals surface area contributed by atoms with Gasteiger partial charge in [0.05, 0.1) is 22.1 Å². The highest BCUT2D eigenvalue weighted by Gasteiger charge is 2.32. The summed E-state index contributed by atoms with van der Waals surface area (Å²) in [5.41, 5.74) is 1.46. The maximum atomic E-state index is 13.8. The van der Waals surface area contributed by atoms with Crippen LogP contribution in [0.5, 0.6) is 0 Å². The lowest BCUT2D eigenvalue weighted by atomic mass is 9.97. The first-order valence-corrected chi connectivity index (χ1v) is 12.2. The number of hydrogen-bond donors (Lipinski definition) is 1. The number of anilines is 1. The molecule has 1 unspecified atom stereocenters. The molecule has 4 rings (SSSR count). The van der Waals surface area contributed by atoms with Gasteiger partial charge < -0.3 is 5.32 Å². The van der Waals surface area contributed by atoms with Crippen LogP contribution in [0.4, 0.5) is 10.1 Å². The Bertz CT molecular complexity index is 1240. The minimum Gasteiger partial charge on any atom is -0.323 e. The summed E-state index contributed by atoms with van der Waals surface area (Å²) >= 11 is 0. The van der Waals surface area contributed by atoms with Gasteiger partial charge in [0.25, 0.3) is 0 Å². The fraction of sp³-hybridized carbons (Fsp3) is 0.409. The Morgan fingerprint density at radius 2 is 1.94 bits per heavy atom. The van der Waals surface area contributed by atoms with Crippen molar-refractivity contribution >= 4 is 32.7 Å². The van der Waals surface area contributed by atoms with Gasteiger partial charge in [-0.25, -0.2) is 17.5 Å². The second-order valence-electron chi connectivity index (χ2n) is 8.09. The lowest BCUT2D eigenvalue weighted by molar-refractivity contribution is -0.120. The molecule has 1 N–H and O–H groups in total. The van der Waals surface area contributed by atoms with Gasteiger partial charge in [0.1, 0.15) is 11.3 Å². The van der Waals surface area contributed by atoms with Crippen molar-refractivity contribution in [2.45, 2.75) is 44.0 Å². The molecule has 0 aliphatic carbocycles. The average Bonchev–Trinajstić information content (AvgIpc) is 3.23. The molecule has 0 saturated carbocycles. The van der Waals surface area contributed by atoms with Gasteiger partial charge in [0.15, 0.2) is 0 Å². The number of carbonyl (C=O) groups is 1. The molecule has 1 amide bonds. The lowest BCUT2D eigenvalue weighted by Gasteiger charge is -2.30. The van der Waals surface area contributed by atoms with Crippen molar-refractivity contribution < 1.29 is 17.6 Å². The molecule has 2 heterocycles. The van der Waals surface area contributed by atoms with Crippen LogP contribution in [-0.2, 0) is 14.8 Å². The smallest absolute Gasteiger partial charge is 0.243 e. The summed E-state index contributed by atoms with van der Waals surface area (Å²) in [5.74, 6) is -1.17. The Hall–Kier alpha value is -2.85. The van der Waals surface area contributed by atoms with E-state index in [0.29, 0.717) is 18.4 Å². The maximum absolute atomic E-state index is 13.8. The van der Waals surface area contributed by atoms with Crippen molar-refractivity contribution in [1.29, 1.82) is 0 Å². The van der Waals surface area contributed by atoms with Crippen LogP contribution in [0.25, 0.3) is 11.0 Å². The zero-order valence-electron chi connectivity index (χ0n) is 18.0. The molecular formula is C22H26FN5O3S. The third-order valence-electron chi connectivity index (χ3n) is 6.05. The predicted octanol–water partition coefficient (Wildman–Crippen LogP) is 3.58. The summed E-state index contributed by atoms with van der Waals surface area (Å²) in [6.07, 6.45) is 1.62. The average molecular weight is 460 g/mol. The molecule has 1 saturated heterocycles. The van der Waals surface area contributed by atoms with Crippen LogP contribution in [0.1, 0.15) is 39.2 Å². The first kappa shape index (κ1) is 22.3. The number of nitrogens with zero attached hydrogens (tertiary/aromatic N) is 4. The summed E-state index contributed by atoms with van der Waals surface area (Å²) in [6.45, 7) is 4.52. The van der Waals surface area contributed by atoms with Gasteiger partial charge >= 0.3 is 0 Å². The van der Waals surface area contributed by atoms with Crippen LogP contribution in [0, 0.1) is 11.7 Å². The second-order valence-corrected chi connectivity index (χ2v) is 10.0. The van der Waals surface area contributed by atoms with Crippen LogP contribution in [0.3, 0.4) is 0 Å². The van der Waals surface area contributed by atoms with Crippen LogP contribution in [0.15, 0.2) is 47.4 Å². The van der Waals surface area contributed by atoms with Gasteiger partial charge in [-0.1, -0.05) is 24.3 Å². The Balaban J connectivity index is 1.44. The number of para-hydroxylation sites is 1. The molecule has 0 spiro atoms. The lowest BCUT2D eigenvalue weighted by Crippen LogP contribution is -2.41. The van der Waals surface area contributed by atoms with E-state index in [1.807, 2.05) is 6.92 Å². The Labute approximate surface area is 186 Å². The molecular weight excluding hydrogens is 433 g/mol. The molecule has 1 aliphatic heterocycles. The van der Waals surface area contributed by atoms with E-state index in [-0.39, 0.29) is 41.5 Å². The number of carbonyl (C=O) groups excluding carboxylic acids is 1. The molecule has 8 nitrogen and oxygen atoms in total. The normalized spacial score (nSPS) is 16.8. The topological polar surface area (TPSA) is 97.2 Å². The fourth-order valence-corrected chi connectivity index (χ4v) is 5.38. The van der Waals surface area contributed by atoms with Crippen LogP contribution in [0.2, 0.25) is 0 Å². The molecule has 10 heteroatoms. The van der Waals surface area contributed by atoms with Crippen molar-refractivity contribution in [2.75, 3.05) is 18.4 Å². The van der Waals surface area contributed by atoms with Gasteiger partial charge in [-0.15, -0.1) is 5.10 Å². The SMILES string of the molecule is CCC(C)n1nnc2cc(S(=O)(=O)N3CCC(C(=O)Nc4ccccc4F)CC3)ccc21. The predicted molar refractivity (Wildman–Crippen MR) is 119 cm³/mol. The number of sulfonamides is 1. The molecule has 0 bridgehead atoms. The minimum absolute atomic E-state index is 0.131. The number of nitrogens with one attached hydrogen (secondary N) is 1. The van der Waals surface area contributed by atoms with E-state index in [2.05, 4.69) is 22.6 Å². The molecule has 0 radical (unpaired) electrons. The largest absolute Gasteiger partial charge is 0.323 e. The highest BCUT2D eigenvalue weighted by molar-refractivity contribution is 7.89. The third kappa shape index (κ3) is 4.24. The quantitative estimate of drug-likeness (QED) is 0.608. The first-order valence-electron chi connectivity index (χ1n) is 10.7. The summed E-state index contributed by atoms with van der Waals surface area (Å²) in [7, 11) is -3.72. The van der Waals surface area contributed by atoms with Crippen LogP contribution in [-0.4, -0.2) is 46.7 Å². The molecule has 1 atom stereocenters. The van der Waals surface area contributed by atoms with E-state index >= 15 is 0 Å². The van der Waals surface area contributed by atoms with Crippen molar-refractivity contribution in [3.05, 3.63) is 48.3 Å². The minimum atomic E-state index is -3.72. The van der Waals surface area contributed by atoms with Crippen molar-refractivity contribution in [3.63, 3.8) is 0 Å². The molecule has 170 valence electrons. The Morgan fingerprint density at radius 1 is 1.22 bits per heavy atom. The molecule has 2 aromatic carbocycles. The number of hydrogen-bond acceptors (Lipinski definition) is 5. The van der Waals surface area contributed by atoms with Gasteiger partial charge in [0.2, 0.25) is 15.9 Å². The molecule has 1 aromatic heterocycles. The summed E-state index contributed by atoms with van der Waals surface area (Å²) in [6, 6.07) is 11.0. The van der Waals surface area contributed by atoms with Crippen molar-refractivity contribution in [2.24, 2.45) is 5.92 Å². The number of benzene rings is 2. The van der Waals surface area contributed by atoms with E-state index < -0.39 is 15.8 Å². The van der Waals surface area contributed by atoms with Crippen molar-refractivity contribution in [1.82, 2.24) is 19.3 Å². The van der Waals surface area contributed by atoms with Gasteiger partial charge in [-0.2, -0.15) is 4.31 Å². The zero-order chi connectivity index (χ0) is 22.9.